The fourth-order valence-corrected chi connectivity index (χ4v) is 5.28. The van der Waals surface area contributed by atoms with Gasteiger partial charge >= 0.3 is 5.97 Å². The minimum Gasteiger partial charge on any atom is -0.477 e. The van der Waals surface area contributed by atoms with E-state index >= 15 is 0 Å². The Morgan fingerprint density at radius 1 is 1.32 bits per heavy atom. The Balaban J connectivity index is 1.59. The number of benzene rings is 1. The molecule has 1 heterocycles. The highest BCUT2D eigenvalue weighted by Crippen LogP contribution is 2.41. The van der Waals surface area contributed by atoms with Crippen LogP contribution in [-0.4, -0.2) is 11.1 Å². The van der Waals surface area contributed by atoms with Crippen LogP contribution in [0.5, 0.6) is 0 Å². The molecule has 1 fully saturated rings. The number of nitrogens with zero attached hydrogens (tertiary/aromatic N) is 1. The number of aryl methyl sites for hydroxylation is 2. The topological polar surface area (TPSA) is 61.1 Å². The molecule has 1 saturated carbocycles. The second-order valence-corrected chi connectivity index (χ2v) is 9.12. The van der Waals surface area contributed by atoms with Gasteiger partial charge in [0, 0.05) is 4.88 Å². The summed E-state index contributed by atoms with van der Waals surface area (Å²) in [6.45, 7) is 4.38. The van der Waals surface area contributed by atoms with Gasteiger partial charge in [-0.05, 0) is 92.2 Å². The van der Waals surface area contributed by atoms with Crippen molar-refractivity contribution in [3.05, 3.63) is 62.9 Å². The summed E-state index contributed by atoms with van der Waals surface area (Å²) in [5, 5.41) is 18.2. The van der Waals surface area contributed by atoms with Crippen molar-refractivity contribution >= 4 is 23.4 Å². The van der Waals surface area contributed by atoms with E-state index < -0.39 is 5.97 Å². The van der Waals surface area contributed by atoms with Crippen LogP contribution in [0.3, 0.4) is 0 Å². The van der Waals surface area contributed by atoms with Crippen LogP contribution in [0.25, 0.3) is 6.08 Å². The van der Waals surface area contributed by atoms with Gasteiger partial charge in [-0.2, -0.15) is 5.26 Å². The number of hydrogen-bond donors (Lipinski definition) is 1. The lowest BCUT2D eigenvalue weighted by Crippen LogP contribution is -2.11. The summed E-state index contributed by atoms with van der Waals surface area (Å²) in [6.07, 6.45) is 10.2. The van der Waals surface area contributed by atoms with Crippen LogP contribution >= 0.6 is 11.3 Å². The summed E-state index contributed by atoms with van der Waals surface area (Å²) < 4.78 is 0. The lowest BCUT2D eigenvalue weighted by molar-refractivity contribution is 0.0702. The van der Waals surface area contributed by atoms with Gasteiger partial charge in [-0.25, -0.2) is 4.79 Å². The van der Waals surface area contributed by atoms with Crippen molar-refractivity contribution in [1.29, 1.82) is 5.26 Å². The summed E-state index contributed by atoms with van der Waals surface area (Å²) in [7, 11) is 0. The van der Waals surface area contributed by atoms with Gasteiger partial charge in [0.15, 0.2) is 0 Å². The van der Waals surface area contributed by atoms with E-state index in [0.29, 0.717) is 22.3 Å². The number of carbonyl (C=O) groups is 1. The van der Waals surface area contributed by atoms with Crippen LogP contribution in [0.1, 0.15) is 63.8 Å². The average molecular weight is 394 g/mol. The lowest BCUT2D eigenvalue weighted by atomic mass is 9.85. The minimum atomic E-state index is -0.832. The first-order valence-electron chi connectivity index (χ1n) is 9.98. The normalized spacial score (nSPS) is 21.8. The largest absolute Gasteiger partial charge is 0.477 e. The summed E-state index contributed by atoms with van der Waals surface area (Å²) in [6, 6.07) is 11.9. The molecule has 0 aliphatic heterocycles. The van der Waals surface area contributed by atoms with Gasteiger partial charge in [0.2, 0.25) is 0 Å². The molecule has 28 heavy (non-hydrogen) atoms. The quantitative estimate of drug-likeness (QED) is 0.598. The van der Waals surface area contributed by atoms with Crippen LogP contribution < -0.4 is 0 Å². The maximum Gasteiger partial charge on any atom is 0.345 e. The van der Waals surface area contributed by atoms with Crippen molar-refractivity contribution in [3.63, 3.8) is 0 Å². The fourth-order valence-electron chi connectivity index (χ4n) is 4.39. The Kier molecular flexibility index (Phi) is 6.70. The van der Waals surface area contributed by atoms with E-state index in [1.165, 1.54) is 35.5 Å². The molecule has 0 saturated heterocycles. The molecule has 1 N–H and O–H groups in total. The Labute approximate surface area is 171 Å². The van der Waals surface area contributed by atoms with Gasteiger partial charge in [-0.3, -0.25) is 0 Å². The molecule has 3 nitrogen and oxygen atoms in total. The molecular formula is C24H27NO2S. The Morgan fingerprint density at radius 3 is 2.86 bits per heavy atom. The summed E-state index contributed by atoms with van der Waals surface area (Å²) in [5.74, 6) is 1.15. The number of thiophene rings is 1. The van der Waals surface area contributed by atoms with E-state index in [1.54, 1.807) is 6.07 Å². The molecule has 1 aromatic heterocycles. The maximum atomic E-state index is 11.0. The van der Waals surface area contributed by atoms with Gasteiger partial charge in [0.25, 0.3) is 0 Å². The van der Waals surface area contributed by atoms with E-state index in [-0.39, 0.29) is 0 Å². The van der Waals surface area contributed by atoms with Crippen LogP contribution in [0, 0.1) is 36.0 Å². The third-order valence-electron chi connectivity index (χ3n) is 5.83. The first kappa shape index (κ1) is 20.4. The molecule has 1 aliphatic carbocycles. The summed E-state index contributed by atoms with van der Waals surface area (Å²) in [4.78, 5) is 12.6. The van der Waals surface area contributed by atoms with E-state index in [2.05, 4.69) is 31.2 Å². The van der Waals surface area contributed by atoms with Crippen molar-refractivity contribution in [1.82, 2.24) is 0 Å². The zero-order chi connectivity index (χ0) is 20.1. The molecule has 0 bridgehead atoms. The van der Waals surface area contributed by atoms with Crippen molar-refractivity contribution in [2.75, 3.05) is 0 Å². The average Bonchev–Trinajstić information content (AvgIpc) is 3.27. The molecule has 146 valence electrons. The zero-order valence-electron chi connectivity index (χ0n) is 16.5. The molecule has 3 atom stereocenters. The number of hydrogen-bond acceptors (Lipinski definition) is 3. The van der Waals surface area contributed by atoms with Crippen molar-refractivity contribution < 1.29 is 9.90 Å². The molecule has 1 aliphatic rings. The molecule has 0 amide bonds. The number of carboxylic acids is 1. The zero-order valence-corrected chi connectivity index (χ0v) is 17.3. The molecule has 0 spiro atoms. The van der Waals surface area contributed by atoms with Crippen LogP contribution in [0.4, 0.5) is 0 Å². The number of rotatable bonds is 7. The summed E-state index contributed by atoms with van der Waals surface area (Å²) >= 11 is 1.40. The first-order chi connectivity index (χ1) is 13.5. The predicted molar refractivity (Wildman–Crippen MR) is 115 cm³/mol. The van der Waals surface area contributed by atoms with Gasteiger partial charge in [0.1, 0.15) is 4.88 Å². The number of carboxylic acid groups (broad SMARTS) is 1. The Bertz CT molecular complexity index is 906. The smallest absolute Gasteiger partial charge is 0.345 e. The standard InChI is InChI=1S/C24H27NO2S/c1-16-12-18(14-19(13-16)15-25)7-9-20-8-6-17(2)22(20)5-3-4-21-10-11-23(28-21)24(26)27/h7,9-14,17,20,22H,3-6,8H2,1-2H3,(H,26,27)/b9-7+/t17?,20-,22+/m1/s1. The van der Waals surface area contributed by atoms with E-state index in [0.717, 1.165) is 29.9 Å². The van der Waals surface area contributed by atoms with Gasteiger partial charge in [-0.1, -0.05) is 25.1 Å². The molecule has 2 aromatic rings. The SMILES string of the molecule is Cc1cc(C#N)cc(/C=C/[C@H]2CCC(C)[C@@H]2CCCc2ccc(C(=O)O)s2)c1. The number of nitriles is 1. The molecule has 3 rings (SSSR count). The second-order valence-electron chi connectivity index (χ2n) is 7.95. The third-order valence-corrected chi connectivity index (χ3v) is 6.97. The monoisotopic (exact) mass is 393 g/mol. The number of aromatic carboxylic acids is 1. The highest BCUT2D eigenvalue weighted by molar-refractivity contribution is 7.13. The van der Waals surface area contributed by atoms with E-state index in [4.69, 9.17) is 10.4 Å². The Hall–Kier alpha value is -2.38. The second kappa shape index (κ2) is 9.21. The molecule has 0 radical (unpaired) electrons. The van der Waals surface area contributed by atoms with E-state index in [9.17, 15) is 4.79 Å². The lowest BCUT2D eigenvalue weighted by Gasteiger charge is -2.20. The van der Waals surface area contributed by atoms with Crippen molar-refractivity contribution in [2.45, 2.75) is 46.0 Å². The van der Waals surface area contributed by atoms with Crippen molar-refractivity contribution in [2.24, 2.45) is 17.8 Å². The maximum absolute atomic E-state index is 11.0. The van der Waals surface area contributed by atoms with Gasteiger partial charge in [0.05, 0.1) is 11.6 Å². The van der Waals surface area contributed by atoms with Crippen molar-refractivity contribution in [3.8, 4) is 6.07 Å². The van der Waals surface area contributed by atoms with Gasteiger partial charge in [-0.15, -0.1) is 11.3 Å². The molecule has 1 aromatic carbocycles. The molecular weight excluding hydrogens is 366 g/mol. The van der Waals surface area contributed by atoms with Crippen LogP contribution in [0.2, 0.25) is 0 Å². The number of allylic oxidation sites excluding steroid dienone is 1. The van der Waals surface area contributed by atoms with Crippen LogP contribution in [0.15, 0.2) is 36.4 Å². The highest BCUT2D eigenvalue weighted by Gasteiger charge is 2.31. The Morgan fingerprint density at radius 2 is 2.14 bits per heavy atom. The molecule has 4 heteroatoms. The fraction of sp³-hybridized carbons (Fsp3) is 0.417. The van der Waals surface area contributed by atoms with Gasteiger partial charge < -0.3 is 5.11 Å². The predicted octanol–water partition coefficient (Wildman–Crippen LogP) is 6.32. The van der Waals surface area contributed by atoms with Crippen LogP contribution in [-0.2, 0) is 6.42 Å². The van der Waals surface area contributed by atoms with E-state index in [1.807, 2.05) is 25.1 Å². The third kappa shape index (κ3) is 5.11. The summed E-state index contributed by atoms with van der Waals surface area (Å²) in [5.41, 5.74) is 2.94. The minimum absolute atomic E-state index is 0.430. The highest BCUT2D eigenvalue weighted by atomic mass is 32.1. The first-order valence-corrected chi connectivity index (χ1v) is 10.8. The molecule has 1 unspecified atom stereocenters.